The molecule has 1 aromatic heterocycles. The maximum absolute atomic E-state index is 11.2. The van der Waals surface area contributed by atoms with Gasteiger partial charge < -0.3 is 4.74 Å². The quantitative estimate of drug-likeness (QED) is 0.764. The van der Waals surface area contributed by atoms with E-state index in [1.54, 1.807) is 11.3 Å². The molecule has 1 rings (SSSR count). The minimum atomic E-state index is -0.282. The first-order valence-electron chi connectivity index (χ1n) is 3.93. The van der Waals surface area contributed by atoms with Crippen LogP contribution in [0.3, 0.4) is 0 Å². The Labute approximate surface area is 90.0 Å². The fraction of sp³-hybridized carbons (Fsp3) is 0.444. The zero-order valence-corrected chi connectivity index (χ0v) is 10.2. The van der Waals surface area contributed by atoms with E-state index in [4.69, 9.17) is 0 Å². The summed E-state index contributed by atoms with van der Waals surface area (Å²) in [5.74, 6) is 0.162. The van der Waals surface area contributed by atoms with Gasteiger partial charge in [-0.3, -0.25) is 0 Å². The molecule has 0 fully saturated rings. The third-order valence-corrected chi connectivity index (χ3v) is 3.82. The van der Waals surface area contributed by atoms with Crippen LogP contribution in [0, 0.1) is 0 Å². The van der Waals surface area contributed by atoms with Crippen molar-refractivity contribution in [2.45, 2.75) is 19.8 Å². The highest BCUT2D eigenvalue weighted by Crippen LogP contribution is 2.32. The highest BCUT2D eigenvalue weighted by molar-refractivity contribution is 9.11. The largest absolute Gasteiger partial charge is 0.465 e. The third kappa shape index (κ3) is 2.31. The molecule has 1 heterocycles. The summed E-state index contributed by atoms with van der Waals surface area (Å²) in [6, 6.07) is 1.88. The van der Waals surface area contributed by atoms with Crippen LogP contribution in [0.25, 0.3) is 0 Å². The number of carbonyl (C=O) groups excluding carboxylic acids is 1. The van der Waals surface area contributed by atoms with Gasteiger partial charge in [-0.2, -0.15) is 0 Å². The van der Waals surface area contributed by atoms with Gasteiger partial charge in [-0.1, -0.05) is 13.8 Å². The van der Waals surface area contributed by atoms with Crippen molar-refractivity contribution in [3.05, 3.63) is 20.3 Å². The first-order chi connectivity index (χ1) is 6.06. The molecule has 0 saturated heterocycles. The second-order valence-corrected chi connectivity index (χ2v) is 5.38. The normalized spacial score (nSPS) is 10.5. The van der Waals surface area contributed by atoms with Crippen LogP contribution >= 0.6 is 27.3 Å². The summed E-state index contributed by atoms with van der Waals surface area (Å²) in [6.45, 7) is 4.19. The molecule has 0 aliphatic heterocycles. The summed E-state index contributed by atoms with van der Waals surface area (Å²) in [4.78, 5) is 12.4. The van der Waals surface area contributed by atoms with Crippen molar-refractivity contribution in [2.75, 3.05) is 7.11 Å². The van der Waals surface area contributed by atoms with E-state index in [2.05, 4.69) is 34.5 Å². The van der Waals surface area contributed by atoms with Crippen LogP contribution in [-0.4, -0.2) is 13.1 Å². The van der Waals surface area contributed by atoms with Crippen LogP contribution in [0.1, 0.15) is 35.0 Å². The molecule has 0 amide bonds. The van der Waals surface area contributed by atoms with Crippen molar-refractivity contribution in [3.63, 3.8) is 0 Å². The predicted molar refractivity (Wildman–Crippen MR) is 57.4 cm³/mol. The molecule has 0 bridgehead atoms. The fourth-order valence-electron chi connectivity index (χ4n) is 0.921. The molecule has 2 nitrogen and oxygen atoms in total. The maximum atomic E-state index is 11.2. The van der Waals surface area contributed by atoms with Crippen molar-refractivity contribution in [2.24, 2.45) is 0 Å². The topological polar surface area (TPSA) is 26.3 Å². The SMILES string of the molecule is COC(=O)c1cc(C(C)C)sc1Br. The summed E-state index contributed by atoms with van der Waals surface area (Å²) in [5.41, 5.74) is 0.621. The van der Waals surface area contributed by atoms with E-state index in [0.717, 1.165) is 3.79 Å². The van der Waals surface area contributed by atoms with E-state index < -0.39 is 0 Å². The van der Waals surface area contributed by atoms with Crippen LogP contribution in [-0.2, 0) is 4.74 Å². The van der Waals surface area contributed by atoms with Gasteiger partial charge in [-0.25, -0.2) is 4.79 Å². The summed E-state index contributed by atoms with van der Waals surface area (Å²) in [7, 11) is 1.39. The Morgan fingerprint density at radius 1 is 1.62 bits per heavy atom. The molecule has 0 saturated carbocycles. The van der Waals surface area contributed by atoms with Crippen molar-refractivity contribution in [3.8, 4) is 0 Å². The van der Waals surface area contributed by atoms with Gasteiger partial charge in [0.25, 0.3) is 0 Å². The molecule has 0 radical (unpaired) electrons. The second-order valence-electron chi connectivity index (χ2n) is 2.98. The van der Waals surface area contributed by atoms with E-state index in [1.165, 1.54) is 12.0 Å². The lowest BCUT2D eigenvalue weighted by atomic mass is 10.1. The molecule has 0 aliphatic carbocycles. The molecular formula is C9H11BrO2S. The van der Waals surface area contributed by atoms with E-state index in [9.17, 15) is 4.79 Å². The average molecular weight is 263 g/mol. The van der Waals surface area contributed by atoms with Gasteiger partial charge in [-0.05, 0) is 27.9 Å². The zero-order valence-electron chi connectivity index (χ0n) is 7.76. The number of carbonyl (C=O) groups is 1. The van der Waals surface area contributed by atoms with E-state index in [-0.39, 0.29) is 5.97 Å². The summed E-state index contributed by atoms with van der Waals surface area (Å²) in [6.07, 6.45) is 0. The minimum Gasteiger partial charge on any atom is -0.465 e. The third-order valence-electron chi connectivity index (χ3n) is 1.68. The Kier molecular flexibility index (Phi) is 3.50. The first-order valence-corrected chi connectivity index (χ1v) is 5.54. The van der Waals surface area contributed by atoms with E-state index in [1.807, 2.05) is 6.07 Å². The Bertz CT molecular complexity index is 317. The van der Waals surface area contributed by atoms with Gasteiger partial charge in [0.2, 0.25) is 0 Å². The van der Waals surface area contributed by atoms with Crippen molar-refractivity contribution in [1.29, 1.82) is 0 Å². The molecule has 1 aromatic rings. The lowest BCUT2D eigenvalue weighted by molar-refractivity contribution is 0.0600. The van der Waals surface area contributed by atoms with E-state index in [0.29, 0.717) is 11.5 Å². The second kappa shape index (κ2) is 4.24. The van der Waals surface area contributed by atoms with Crippen LogP contribution in [0.5, 0.6) is 0 Å². The number of ether oxygens (including phenoxy) is 1. The molecule has 0 spiro atoms. The number of methoxy groups -OCH3 is 1. The number of hydrogen-bond donors (Lipinski definition) is 0. The maximum Gasteiger partial charge on any atom is 0.339 e. The predicted octanol–water partition coefficient (Wildman–Crippen LogP) is 3.42. The number of hydrogen-bond acceptors (Lipinski definition) is 3. The molecule has 0 atom stereocenters. The molecule has 13 heavy (non-hydrogen) atoms. The number of halogens is 1. The average Bonchev–Trinajstić information content (AvgIpc) is 2.46. The van der Waals surface area contributed by atoms with Gasteiger partial charge in [0.15, 0.2) is 0 Å². The highest BCUT2D eigenvalue weighted by atomic mass is 79.9. The van der Waals surface area contributed by atoms with Gasteiger partial charge in [-0.15, -0.1) is 11.3 Å². The molecule has 0 unspecified atom stereocenters. The summed E-state index contributed by atoms with van der Waals surface area (Å²) >= 11 is 4.93. The van der Waals surface area contributed by atoms with Gasteiger partial charge in [0.05, 0.1) is 16.5 Å². The van der Waals surface area contributed by atoms with Crippen LogP contribution in [0.15, 0.2) is 9.85 Å². The summed E-state index contributed by atoms with van der Waals surface area (Å²) in [5, 5.41) is 0. The lowest BCUT2D eigenvalue weighted by Crippen LogP contribution is -1.99. The fourth-order valence-corrected chi connectivity index (χ4v) is 2.63. The minimum absolute atomic E-state index is 0.282. The number of thiophene rings is 1. The smallest absolute Gasteiger partial charge is 0.339 e. The Balaban J connectivity index is 3.03. The zero-order chi connectivity index (χ0) is 10.0. The monoisotopic (exact) mass is 262 g/mol. The molecule has 0 N–H and O–H groups in total. The van der Waals surface area contributed by atoms with Crippen molar-refractivity contribution in [1.82, 2.24) is 0 Å². The number of rotatable bonds is 2. The highest BCUT2D eigenvalue weighted by Gasteiger charge is 2.15. The summed E-state index contributed by atoms with van der Waals surface area (Å²) < 4.78 is 5.50. The van der Waals surface area contributed by atoms with Gasteiger partial charge in [0.1, 0.15) is 0 Å². The first kappa shape index (κ1) is 10.7. The van der Waals surface area contributed by atoms with E-state index >= 15 is 0 Å². The van der Waals surface area contributed by atoms with Crippen molar-refractivity contribution < 1.29 is 9.53 Å². The van der Waals surface area contributed by atoms with Crippen LogP contribution in [0.4, 0.5) is 0 Å². The Hall–Kier alpha value is -0.350. The molecule has 4 heteroatoms. The Morgan fingerprint density at radius 2 is 2.23 bits per heavy atom. The molecule has 0 aromatic carbocycles. The van der Waals surface area contributed by atoms with Gasteiger partial charge >= 0.3 is 5.97 Å². The lowest BCUT2D eigenvalue weighted by Gasteiger charge is -1.97. The van der Waals surface area contributed by atoms with Gasteiger partial charge in [0, 0.05) is 4.88 Å². The van der Waals surface area contributed by atoms with Crippen molar-refractivity contribution >= 4 is 33.2 Å². The molecule has 0 aliphatic rings. The standard InChI is InChI=1S/C9H11BrO2S/c1-5(2)7-4-6(8(10)13-7)9(11)12-3/h4-5H,1-3H3. The molecule has 72 valence electrons. The van der Waals surface area contributed by atoms with Crippen LogP contribution < -0.4 is 0 Å². The number of esters is 1. The Morgan fingerprint density at radius 3 is 2.62 bits per heavy atom. The van der Waals surface area contributed by atoms with Crippen LogP contribution in [0.2, 0.25) is 0 Å². The molecular weight excluding hydrogens is 252 g/mol.